The first-order valence-corrected chi connectivity index (χ1v) is 7.86. The van der Waals surface area contributed by atoms with Gasteiger partial charge >= 0.3 is 0 Å². The third-order valence-corrected chi connectivity index (χ3v) is 3.13. The lowest BCUT2D eigenvalue weighted by molar-refractivity contribution is 0.353. The first-order chi connectivity index (χ1) is 9.62. The molecule has 0 atom stereocenters. The van der Waals surface area contributed by atoms with E-state index in [0.29, 0.717) is 5.92 Å². The van der Waals surface area contributed by atoms with Crippen LogP contribution in [0, 0.1) is 5.92 Å². The molecule has 0 fully saturated rings. The van der Waals surface area contributed by atoms with Gasteiger partial charge in [-0.25, -0.2) is 0 Å². The SMILES string of the molecule is CC.CCCCc1cc(OC)c(OC)cc1CC(C)C. The highest BCUT2D eigenvalue weighted by atomic mass is 16.5. The van der Waals surface area contributed by atoms with Gasteiger partial charge < -0.3 is 9.47 Å². The van der Waals surface area contributed by atoms with Crippen molar-refractivity contribution in [2.24, 2.45) is 5.92 Å². The molecule has 0 amide bonds. The van der Waals surface area contributed by atoms with Crippen LogP contribution in [0.4, 0.5) is 0 Å². The van der Waals surface area contributed by atoms with Crippen LogP contribution in [0.2, 0.25) is 0 Å². The second-order valence-corrected chi connectivity index (χ2v) is 5.18. The molecule has 0 aromatic heterocycles. The van der Waals surface area contributed by atoms with Crippen LogP contribution in [0.1, 0.15) is 58.6 Å². The van der Waals surface area contributed by atoms with Crippen LogP contribution in [-0.2, 0) is 12.8 Å². The van der Waals surface area contributed by atoms with E-state index in [1.165, 1.54) is 24.0 Å². The van der Waals surface area contributed by atoms with E-state index < -0.39 is 0 Å². The number of unbranched alkanes of at least 4 members (excludes halogenated alkanes) is 1. The second kappa shape index (κ2) is 10.6. The summed E-state index contributed by atoms with van der Waals surface area (Å²) < 4.78 is 10.8. The summed E-state index contributed by atoms with van der Waals surface area (Å²) in [7, 11) is 3.40. The molecule has 1 rings (SSSR count). The van der Waals surface area contributed by atoms with E-state index >= 15 is 0 Å². The molecule has 20 heavy (non-hydrogen) atoms. The Kier molecular flexibility index (Phi) is 9.96. The molecule has 0 heterocycles. The zero-order valence-electron chi connectivity index (χ0n) is 14.4. The molecule has 0 aliphatic heterocycles. The summed E-state index contributed by atoms with van der Waals surface area (Å²) in [5, 5.41) is 0. The largest absolute Gasteiger partial charge is 0.493 e. The molecule has 0 aliphatic rings. The lowest BCUT2D eigenvalue weighted by atomic mass is 9.94. The van der Waals surface area contributed by atoms with Crippen LogP contribution in [0.25, 0.3) is 0 Å². The topological polar surface area (TPSA) is 18.5 Å². The molecular weight excluding hydrogens is 248 g/mol. The maximum absolute atomic E-state index is 5.39. The first kappa shape index (κ1) is 18.8. The van der Waals surface area contributed by atoms with E-state index in [1.54, 1.807) is 14.2 Å². The number of benzene rings is 1. The van der Waals surface area contributed by atoms with Gasteiger partial charge in [0.2, 0.25) is 0 Å². The van der Waals surface area contributed by atoms with Gasteiger partial charge in [-0.1, -0.05) is 41.0 Å². The van der Waals surface area contributed by atoms with Crippen LogP contribution in [0.3, 0.4) is 0 Å². The minimum Gasteiger partial charge on any atom is -0.493 e. The maximum atomic E-state index is 5.39. The summed E-state index contributed by atoms with van der Waals surface area (Å²) in [4.78, 5) is 0. The van der Waals surface area contributed by atoms with Crippen LogP contribution in [0.15, 0.2) is 12.1 Å². The Morgan fingerprint density at radius 3 is 1.85 bits per heavy atom. The fourth-order valence-corrected chi connectivity index (χ4v) is 2.19. The molecule has 1 aromatic rings. The molecular formula is C18H32O2. The van der Waals surface area contributed by atoms with E-state index in [0.717, 1.165) is 24.3 Å². The van der Waals surface area contributed by atoms with Gasteiger partial charge in [-0.05, 0) is 48.4 Å². The van der Waals surface area contributed by atoms with Crippen molar-refractivity contribution >= 4 is 0 Å². The minimum absolute atomic E-state index is 0.656. The Morgan fingerprint density at radius 2 is 1.45 bits per heavy atom. The fourth-order valence-electron chi connectivity index (χ4n) is 2.19. The molecule has 0 saturated heterocycles. The Bertz CT molecular complexity index is 370. The van der Waals surface area contributed by atoms with E-state index in [4.69, 9.17) is 9.47 Å². The molecule has 2 nitrogen and oxygen atoms in total. The van der Waals surface area contributed by atoms with Gasteiger partial charge in [0.25, 0.3) is 0 Å². The standard InChI is InChI=1S/C16H26O2.C2H6/c1-6-7-8-13-10-15(17-4)16(18-5)11-14(13)9-12(2)3;1-2/h10-12H,6-9H2,1-5H3;1-2H3. The zero-order chi connectivity index (χ0) is 15.5. The smallest absolute Gasteiger partial charge is 0.161 e. The molecule has 0 saturated carbocycles. The average Bonchev–Trinajstić information content (AvgIpc) is 2.46. The molecule has 1 aromatic carbocycles. The van der Waals surface area contributed by atoms with Crippen molar-refractivity contribution in [3.8, 4) is 11.5 Å². The van der Waals surface area contributed by atoms with Crippen molar-refractivity contribution in [3.63, 3.8) is 0 Å². The third-order valence-electron chi connectivity index (χ3n) is 3.13. The molecule has 116 valence electrons. The van der Waals surface area contributed by atoms with Gasteiger partial charge in [-0.15, -0.1) is 0 Å². The number of hydrogen-bond acceptors (Lipinski definition) is 2. The predicted molar refractivity (Wildman–Crippen MR) is 88.0 cm³/mol. The van der Waals surface area contributed by atoms with Crippen LogP contribution >= 0.6 is 0 Å². The maximum Gasteiger partial charge on any atom is 0.161 e. The van der Waals surface area contributed by atoms with E-state index in [2.05, 4.69) is 32.9 Å². The lowest BCUT2D eigenvalue weighted by Crippen LogP contribution is -2.02. The van der Waals surface area contributed by atoms with E-state index in [1.807, 2.05) is 13.8 Å². The fraction of sp³-hybridized carbons (Fsp3) is 0.667. The summed E-state index contributed by atoms with van der Waals surface area (Å²) in [5.74, 6) is 2.34. The van der Waals surface area contributed by atoms with Crippen molar-refractivity contribution in [3.05, 3.63) is 23.3 Å². The molecule has 0 radical (unpaired) electrons. The second-order valence-electron chi connectivity index (χ2n) is 5.18. The molecule has 0 N–H and O–H groups in total. The van der Waals surface area contributed by atoms with Crippen molar-refractivity contribution in [1.82, 2.24) is 0 Å². The van der Waals surface area contributed by atoms with Gasteiger partial charge in [0.15, 0.2) is 11.5 Å². The highest BCUT2D eigenvalue weighted by molar-refractivity contribution is 5.47. The first-order valence-electron chi connectivity index (χ1n) is 7.86. The summed E-state index contributed by atoms with van der Waals surface area (Å²) in [6.45, 7) is 10.7. The number of aryl methyl sites for hydroxylation is 1. The van der Waals surface area contributed by atoms with E-state index in [9.17, 15) is 0 Å². The van der Waals surface area contributed by atoms with Crippen molar-refractivity contribution in [2.75, 3.05) is 14.2 Å². The Morgan fingerprint density at radius 1 is 0.950 bits per heavy atom. The number of rotatable bonds is 7. The van der Waals surface area contributed by atoms with Crippen molar-refractivity contribution < 1.29 is 9.47 Å². The monoisotopic (exact) mass is 280 g/mol. The summed E-state index contributed by atoms with van der Waals surface area (Å²) in [6, 6.07) is 4.29. The normalized spacial score (nSPS) is 10.0. The van der Waals surface area contributed by atoms with E-state index in [-0.39, 0.29) is 0 Å². The minimum atomic E-state index is 0.656. The summed E-state index contributed by atoms with van der Waals surface area (Å²) in [6.07, 6.45) is 4.66. The Hall–Kier alpha value is -1.18. The van der Waals surface area contributed by atoms with Crippen molar-refractivity contribution in [2.45, 2.75) is 60.3 Å². The van der Waals surface area contributed by atoms with Gasteiger partial charge in [0.1, 0.15) is 0 Å². The number of hydrogen-bond donors (Lipinski definition) is 0. The molecule has 0 bridgehead atoms. The average molecular weight is 280 g/mol. The van der Waals surface area contributed by atoms with Gasteiger partial charge in [0.05, 0.1) is 14.2 Å². The highest BCUT2D eigenvalue weighted by Crippen LogP contribution is 2.32. The molecule has 0 unspecified atom stereocenters. The van der Waals surface area contributed by atoms with Gasteiger partial charge in [-0.2, -0.15) is 0 Å². The van der Waals surface area contributed by atoms with Gasteiger partial charge in [0, 0.05) is 0 Å². The van der Waals surface area contributed by atoms with Gasteiger partial charge in [-0.3, -0.25) is 0 Å². The quantitative estimate of drug-likeness (QED) is 0.677. The van der Waals surface area contributed by atoms with Crippen LogP contribution < -0.4 is 9.47 Å². The Balaban J connectivity index is 0.00000172. The lowest BCUT2D eigenvalue weighted by Gasteiger charge is -2.16. The third kappa shape index (κ3) is 5.85. The molecule has 0 spiro atoms. The molecule has 2 heteroatoms. The molecule has 0 aliphatic carbocycles. The predicted octanol–water partition coefficient (Wildman–Crippen LogP) is 5.27. The highest BCUT2D eigenvalue weighted by Gasteiger charge is 2.11. The number of ether oxygens (including phenoxy) is 2. The van der Waals surface area contributed by atoms with Crippen LogP contribution in [0.5, 0.6) is 11.5 Å². The summed E-state index contributed by atoms with van der Waals surface area (Å²) >= 11 is 0. The zero-order valence-corrected chi connectivity index (χ0v) is 14.4. The Labute approximate surface area is 125 Å². The number of methoxy groups -OCH3 is 2. The van der Waals surface area contributed by atoms with Crippen LogP contribution in [-0.4, -0.2) is 14.2 Å². The van der Waals surface area contributed by atoms with Crippen molar-refractivity contribution in [1.29, 1.82) is 0 Å². The summed E-state index contributed by atoms with van der Waals surface area (Å²) in [5.41, 5.74) is 2.80.